The minimum absolute atomic E-state index is 0.0463. The van der Waals surface area contributed by atoms with Crippen LogP contribution in [-0.4, -0.2) is 12.0 Å². The van der Waals surface area contributed by atoms with E-state index in [9.17, 15) is 4.79 Å². The molecule has 2 rings (SSSR count). The second-order valence-electron chi connectivity index (χ2n) is 3.56. The van der Waals surface area contributed by atoms with E-state index in [1.807, 2.05) is 48.7 Å². The van der Waals surface area contributed by atoms with Gasteiger partial charge in [-0.25, -0.2) is 0 Å². The van der Waals surface area contributed by atoms with Crippen molar-refractivity contribution in [2.24, 2.45) is 0 Å². The molecule has 0 bridgehead atoms. The summed E-state index contributed by atoms with van der Waals surface area (Å²) >= 11 is 6.65. The van der Waals surface area contributed by atoms with Gasteiger partial charge in [-0.2, -0.15) is 0 Å². The monoisotopic (exact) mass is 259 g/mol. The van der Waals surface area contributed by atoms with Crippen LogP contribution in [0.3, 0.4) is 0 Å². The van der Waals surface area contributed by atoms with Crippen LogP contribution in [0.4, 0.5) is 0 Å². The fraction of sp³-hybridized carbons (Fsp3) is 0.0714. The number of thioether (sulfide) groups is 1. The van der Waals surface area contributed by atoms with E-state index >= 15 is 0 Å². The average Bonchev–Trinajstić information content (AvgIpc) is 2.39. The molecular formula is C14H11OS2. The Morgan fingerprint density at radius 2 is 1.82 bits per heavy atom. The third-order valence-corrected chi connectivity index (χ3v) is 3.49. The molecule has 0 N–H and O–H groups in total. The van der Waals surface area contributed by atoms with Crippen LogP contribution in [0.25, 0.3) is 0 Å². The molecule has 0 spiro atoms. The third kappa shape index (κ3) is 2.68. The molecule has 0 aliphatic heterocycles. The molecule has 0 saturated heterocycles. The maximum atomic E-state index is 12.3. The van der Waals surface area contributed by atoms with E-state index in [1.165, 1.54) is 0 Å². The van der Waals surface area contributed by atoms with Gasteiger partial charge in [-0.3, -0.25) is 4.79 Å². The van der Waals surface area contributed by atoms with Crippen molar-refractivity contribution in [1.29, 1.82) is 0 Å². The highest BCUT2D eigenvalue weighted by Gasteiger charge is 2.13. The highest BCUT2D eigenvalue weighted by molar-refractivity contribution is 7.98. The van der Waals surface area contributed by atoms with E-state index in [0.29, 0.717) is 5.56 Å². The van der Waals surface area contributed by atoms with E-state index in [2.05, 4.69) is 0 Å². The van der Waals surface area contributed by atoms with Crippen molar-refractivity contribution >= 4 is 30.2 Å². The Morgan fingerprint density at radius 3 is 2.47 bits per heavy atom. The van der Waals surface area contributed by atoms with Gasteiger partial charge in [0.2, 0.25) is 0 Å². The van der Waals surface area contributed by atoms with E-state index in [4.69, 9.17) is 12.6 Å². The van der Waals surface area contributed by atoms with Crippen molar-refractivity contribution in [3.63, 3.8) is 0 Å². The molecule has 0 atom stereocenters. The molecule has 0 heterocycles. The third-order valence-electron chi connectivity index (χ3n) is 2.45. The summed E-state index contributed by atoms with van der Waals surface area (Å²) < 4.78 is 0. The highest BCUT2D eigenvalue weighted by Crippen LogP contribution is 2.25. The maximum Gasteiger partial charge on any atom is 0.194 e. The van der Waals surface area contributed by atoms with Crippen LogP contribution >= 0.6 is 24.4 Å². The Hall–Kier alpha value is -1.32. The zero-order valence-electron chi connectivity index (χ0n) is 9.34. The van der Waals surface area contributed by atoms with Crippen LogP contribution in [0.1, 0.15) is 15.9 Å². The predicted octanol–water partition coefficient (Wildman–Crippen LogP) is 4.20. The zero-order chi connectivity index (χ0) is 12.3. The van der Waals surface area contributed by atoms with Crippen LogP contribution in [0.5, 0.6) is 0 Å². The number of rotatable bonds is 3. The summed E-state index contributed by atoms with van der Waals surface area (Å²) in [4.78, 5) is 14.0. The second-order valence-corrected chi connectivity index (χ2v) is 4.88. The summed E-state index contributed by atoms with van der Waals surface area (Å²) in [5.41, 5.74) is 1.43. The molecule has 17 heavy (non-hydrogen) atoms. The molecule has 0 fully saturated rings. The molecule has 0 amide bonds. The van der Waals surface area contributed by atoms with Crippen molar-refractivity contribution < 1.29 is 4.79 Å². The smallest absolute Gasteiger partial charge is 0.194 e. The van der Waals surface area contributed by atoms with Gasteiger partial charge in [-0.15, -0.1) is 11.8 Å². The predicted molar refractivity (Wildman–Crippen MR) is 74.0 cm³/mol. The minimum Gasteiger partial charge on any atom is -0.289 e. The quantitative estimate of drug-likeness (QED) is 0.607. The first-order valence-electron chi connectivity index (χ1n) is 5.17. The molecule has 0 aliphatic carbocycles. The standard InChI is InChI=1S/C14H11OS2/c1-17-13-9-11(16)7-8-12(13)14(15)10-5-3-2-4-6-10/h2-9H,1H3. The first kappa shape index (κ1) is 12.1. The summed E-state index contributed by atoms with van der Waals surface area (Å²) in [5, 5.41) is 0. The molecule has 0 aliphatic rings. The Labute approximate surface area is 111 Å². The van der Waals surface area contributed by atoms with Crippen molar-refractivity contribution in [3.8, 4) is 0 Å². The van der Waals surface area contributed by atoms with E-state index in [0.717, 1.165) is 15.4 Å². The van der Waals surface area contributed by atoms with Crippen molar-refractivity contribution in [2.75, 3.05) is 6.26 Å². The lowest BCUT2D eigenvalue weighted by Crippen LogP contribution is -2.02. The van der Waals surface area contributed by atoms with Crippen LogP contribution < -0.4 is 0 Å². The molecule has 3 heteroatoms. The molecular weight excluding hydrogens is 248 g/mol. The van der Waals surface area contributed by atoms with Gasteiger partial charge in [-0.05, 0) is 24.5 Å². The Balaban J connectivity index is 2.44. The minimum atomic E-state index is 0.0463. The molecule has 0 unspecified atom stereocenters. The van der Waals surface area contributed by atoms with Gasteiger partial charge in [-0.1, -0.05) is 43.0 Å². The lowest BCUT2D eigenvalue weighted by molar-refractivity contribution is 0.103. The number of ketones is 1. The average molecular weight is 259 g/mol. The fourth-order valence-electron chi connectivity index (χ4n) is 1.60. The number of benzene rings is 2. The molecule has 0 saturated carbocycles. The fourth-order valence-corrected chi connectivity index (χ4v) is 2.49. The van der Waals surface area contributed by atoms with Gasteiger partial charge in [0.15, 0.2) is 5.78 Å². The topological polar surface area (TPSA) is 17.1 Å². The summed E-state index contributed by atoms with van der Waals surface area (Å²) in [5.74, 6) is 0.0463. The zero-order valence-corrected chi connectivity index (χ0v) is 11.0. The van der Waals surface area contributed by atoms with Crippen LogP contribution in [0, 0.1) is 0 Å². The summed E-state index contributed by atoms with van der Waals surface area (Å²) in [6.07, 6.45) is 1.95. The van der Waals surface area contributed by atoms with Crippen molar-refractivity contribution in [1.82, 2.24) is 0 Å². The van der Waals surface area contributed by atoms with Gasteiger partial charge < -0.3 is 0 Å². The van der Waals surface area contributed by atoms with Gasteiger partial charge in [0.1, 0.15) is 0 Å². The highest BCUT2D eigenvalue weighted by atomic mass is 32.2. The largest absolute Gasteiger partial charge is 0.289 e. The Kier molecular flexibility index (Phi) is 3.82. The number of hydrogen-bond donors (Lipinski definition) is 0. The van der Waals surface area contributed by atoms with Crippen LogP contribution in [0.2, 0.25) is 0 Å². The Bertz CT molecular complexity index is 535. The van der Waals surface area contributed by atoms with E-state index < -0.39 is 0 Å². The van der Waals surface area contributed by atoms with Crippen molar-refractivity contribution in [2.45, 2.75) is 9.79 Å². The molecule has 85 valence electrons. The van der Waals surface area contributed by atoms with Gasteiger partial charge >= 0.3 is 0 Å². The molecule has 1 radical (unpaired) electrons. The lowest BCUT2D eigenvalue weighted by atomic mass is 10.0. The van der Waals surface area contributed by atoms with Crippen LogP contribution in [-0.2, 0) is 0 Å². The molecule has 2 aromatic rings. The Morgan fingerprint density at radius 1 is 1.12 bits per heavy atom. The van der Waals surface area contributed by atoms with Gasteiger partial charge in [0.25, 0.3) is 0 Å². The number of hydrogen-bond acceptors (Lipinski definition) is 2. The van der Waals surface area contributed by atoms with Gasteiger partial charge in [0, 0.05) is 20.9 Å². The maximum absolute atomic E-state index is 12.3. The first-order chi connectivity index (χ1) is 8.22. The summed E-state index contributed by atoms with van der Waals surface area (Å²) in [6, 6.07) is 14.8. The molecule has 0 aromatic heterocycles. The molecule has 1 nitrogen and oxygen atoms in total. The number of carbonyl (C=O) groups is 1. The van der Waals surface area contributed by atoms with Crippen molar-refractivity contribution in [3.05, 3.63) is 59.7 Å². The van der Waals surface area contributed by atoms with Crippen LogP contribution in [0.15, 0.2) is 58.3 Å². The van der Waals surface area contributed by atoms with Gasteiger partial charge in [0.05, 0.1) is 0 Å². The van der Waals surface area contributed by atoms with E-state index in [1.54, 1.807) is 17.8 Å². The van der Waals surface area contributed by atoms with E-state index in [-0.39, 0.29) is 5.78 Å². The summed E-state index contributed by atoms with van der Waals surface area (Å²) in [7, 11) is 0. The SMILES string of the molecule is CSc1cc([S])ccc1C(=O)c1ccccc1. The first-order valence-corrected chi connectivity index (χ1v) is 6.80. The lowest BCUT2D eigenvalue weighted by Gasteiger charge is -2.06. The number of carbonyl (C=O) groups excluding carboxylic acids is 1. The molecule has 2 aromatic carbocycles. The second kappa shape index (κ2) is 5.34. The summed E-state index contributed by atoms with van der Waals surface area (Å²) in [6.45, 7) is 0. The normalized spacial score (nSPS) is 10.2.